The van der Waals surface area contributed by atoms with Crippen LogP contribution < -0.4 is 0 Å². The summed E-state index contributed by atoms with van der Waals surface area (Å²) in [5.74, 6) is -0.526. The lowest BCUT2D eigenvalue weighted by Gasteiger charge is -2.21. The first kappa shape index (κ1) is 93.1. The Morgan fingerprint density at radius 3 is 0.800 bits per heavy atom. The Bertz CT molecular complexity index is 1840. The Hall–Kier alpha value is -1.94. The zero-order valence-electron chi connectivity index (χ0n) is 62.0. The standard InChI is InChI=1S/C76H148O17P2/c1-7-10-12-14-16-18-20-22-23-28-36-42-48-54-60-75(80)92-71(64-86-73(78)58-52-46-40-34-27-21-19-17-15-13-11-8-2)66-90-94(82,83)88-62-70(77)63-89-95(84,85)91-67-72(65-87-74(79)59-53-47-41-35-31-30-33-39-45-51-57-69(6)9-3)93-76(81)61-55-49-43-37-29-25-24-26-32-38-44-50-56-68(4)5/h68-72,77H,7-67H2,1-6H3,(H,82,83)(H,84,85)/t69?,70-,71+,72+/m0/s1. The maximum Gasteiger partial charge on any atom is 0.472 e. The van der Waals surface area contributed by atoms with Gasteiger partial charge in [0.2, 0.25) is 0 Å². The molecule has 0 heterocycles. The molecule has 0 aliphatic rings. The topological polar surface area (TPSA) is 237 Å². The van der Waals surface area contributed by atoms with E-state index >= 15 is 0 Å². The summed E-state index contributed by atoms with van der Waals surface area (Å²) in [5.41, 5.74) is 0. The third-order valence-electron chi connectivity index (χ3n) is 18.1. The molecule has 0 fully saturated rings. The third-order valence-corrected chi connectivity index (χ3v) is 20.0. The summed E-state index contributed by atoms with van der Waals surface area (Å²) in [6, 6.07) is 0. The van der Waals surface area contributed by atoms with E-state index in [2.05, 4.69) is 41.5 Å². The lowest BCUT2D eigenvalue weighted by Crippen LogP contribution is -2.30. The van der Waals surface area contributed by atoms with Crippen LogP contribution in [0.25, 0.3) is 0 Å². The summed E-state index contributed by atoms with van der Waals surface area (Å²) in [6.07, 6.45) is 55.2. The molecule has 6 atom stereocenters. The van der Waals surface area contributed by atoms with E-state index in [9.17, 15) is 43.2 Å². The average molecular weight is 1400 g/mol. The van der Waals surface area contributed by atoms with Gasteiger partial charge in [0.25, 0.3) is 0 Å². The number of esters is 4. The van der Waals surface area contributed by atoms with Gasteiger partial charge in [-0.1, -0.05) is 343 Å². The largest absolute Gasteiger partial charge is 0.472 e. The van der Waals surface area contributed by atoms with Gasteiger partial charge in [-0.3, -0.25) is 37.3 Å². The van der Waals surface area contributed by atoms with Gasteiger partial charge in [-0.05, 0) is 37.5 Å². The second-order valence-corrected chi connectivity index (χ2v) is 31.0. The molecule has 0 saturated carbocycles. The Morgan fingerprint density at radius 1 is 0.305 bits per heavy atom. The second kappa shape index (κ2) is 67.9. The van der Waals surface area contributed by atoms with E-state index in [1.807, 2.05) is 0 Å². The lowest BCUT2D eigenvalue weighted by molar-refractivity contribution is -0.161. The van der Waals surface area contributed by atoms with Crippen LogP contribution in [0.3, 0.4) is 0 Å². The van der Waals surface area contributed by atoms with Crippen molar-refractivity contribution >= 4 is 39.5 Å². The molecular formula is C76H148O17P2. The lowest BCUT2D eigenvalue weighted by atomic mass is 9.99. The smallest absolute Gasteiger partial charge is 0.462 e. The predicted octanol–water partition coefficient (Wildman–Crippen LogP) is 22.3. The molecule has 0 amide bonds. The monoisotopic (exact) mass is 1400 g/mol. The van der Waals surface area contributed by atoms with Crippen LogP contribution in [0.4, 0.5) is 0 Å². The molecule has 564 valence electrons. The van der Waals surface area contributed by atoms with Gasteiger partial charge in [0.05, 0.1) is 26.4 Å². The molecule has 3 N–H and O–H groups in total. The van der Waals surface area contributed by atoms with Crippen LogP contribution >= 0.6 is 15.6 Å². The third kappa shape index (κ3) is 69.0. The van der Waals surface area contributed by atoms with Crippen LogP contribution in [-0.2, 0) is 65.4 Å². The number of hydrogen-bond acceptors (Lipinski definition) is 15. The van der Waals surface area contributed by atoms with E-state index in [0.717, 1.165) is 102 Å². The quantitative estimate of drug-likeness (QED) is 0.0222. The number of hydrogen-bond donors (Lipinski definition) is 3. The van der Waals surface area contributed by atoms with Crippen LogP contribution in [0, 0.1) is 11.8 Å². The summed E-state index contributed by atoms with van der Waals surface area (Å²) >= 11 is 0. The number of unbranched alkanes of at least 4 members (excludes halogenated alkanes) is 44. The first-order chi connectivity index (χ1) is 45.9. The first-order valence-corrected chi connectivity index (χ1v) is 42.5. The molecule has 0 rings (SSSR count). The van der Waals surface area contributed by atoms with Crippen molar-refractivity contribution in [3.05, 3.63) is 0 Å². The van der Waals surface area contributed by atoms with Gasteiger partial charge in [-0.15, -0.1) is 0 Å². The van der Waals surface area contributed by atoms with Gasteiger partial charge >= 0.3 is 39.5 Å². The Kier molecular flexibility index (Phi) is 66.5. The summed E-state index contributed by atoms with van der Waals surface area (Å²) < 4.78 is 68.6. The summed E-state index contributed by atoms with van der Waals surface area (Å²) in [4.78, 5) is 72.9. The average Bonchev–Trinajstić information content (AvgIpc) is 1.95. The molecule has 0 aliphatic carbocycles. The molecular weight excluding hydrogens is 1250 g/mol. The van der Waals surface area contributed by atoms with E-state index < -0.39 is 97.5 Å². The van der Waals surface area contributed by atoms with E-state index in [-0.39, 0.29) is 25.7 Å². The number of carbonyl (C=O) groups excluding carboxylic acids is 4. The zero-order valence-corrected chi connectivity index (χ0v) is 63.8. The van der Waals surface area contributed by atoms with Crippen molar-refractivity contribution in [1.82, 2.24) is 0 Å². The van der Waals surface area contributed by atoms with E-state index in [1.165, 1.54) is 212 Å². The Morgan fingerprint density at radius 2 is 0.537 bits per heavy atom. The number of carbonyl (C=O) groups is 4. The molecule has 0 saturated heterocycles. The second-order valence-electron chi connectivity index (χ2n) is 28.1. The van der Waals surface area contributed by atoms with Crippen LogP contribution in [-0.4, -0.2) is 96.7 Å². The van der Waals surface area contributed by atoms with Crippen molar-refractivity contribution in [2.24, 2.45) is 11.8 Å². The van der Waals surface area contributed by atoms with Crippen LogP contribution in [0.1, 0.15) is 395 Å². The molecule has 19 heteroatoms. The highest BCUT2D eigenvalue weighted by atomic mass is 31.2. The van der Waals surface area contributed by atoms with Crippen LogP contribution in [0.5, 0.6) is 0 Å². The summed E-state index contributed by atoms with van der Waals surface area (Å²) in [5, 5.41) is 10.6. The molecule has 0 aromatic rings. The van der Waals surface area contributed by atoms with Gasteiger partial charge < -0.3 is 33.8 Å². The molecule has 0 bridgehead atoms. The molecule has 0 spiro atoms. The van der Waals surface area contributed by atoms with E-state index in [1.54, 1.807) is 0 Å². The van der Waals surface area contributed by atoms with Gasteiger partial charge in [0.1, 0.15) is 19.3 Å². The molecule has 0 radical (unpaired) electrons. The molecule has 3 unspecified atom stereocenters. The predicted molar refractivity (Wildman–Crippen MR) is 386 cm³/mol. The van der Waals surface area contributed by atoms with Crippen molar-refractivity contribution < 1.29 is 80.2 Å². The SMILES string of the molecule is CCCCCCCCCCCCCCCCC(=O)O[C@H](COC(=O)CCCCCCCCCCCCCC)COP(=O)(O)OC[C@H](O)COP(=O)(O)OC[C@@H](COC(=O)CCCCCCCCCCCCC(C)CC)OC(=O)CCCCCCCCCCCCCCC(C)C. The van der Waals surface area contributed by atoms with Crippen molar-refractivity contribution in [3.63, 3.8) is 0 Å². The maximum atomic E-state index is 13.1. The fourth-order valence-corrected chi connectivity index (χ4v) is 13.2. The van der Waals surface area contributed by atoms with Crippen molar-refractivity contribution in [2.75, 3.05) is 39.6 Å². The summed E-state index contributed by atoms with van der Waals surface area (Å²) in [7, 11) is -9.91. The normalized spacial score (nSPS) is 14.3. The molecule has 95 heavy (non-hydrogen) atoms. The van der Waals surface area contributed by atoms with Gasteiger partial charge in [0.15, 0.2) is 12.2 Å². The first-order valence-electron chi connectivity index (χ1n) is 39.5. The van der Waals surface area contributed by atoms with Gasteiger partial charge in [-0.25, -0.2) is 9.13 Å². The fourth-order valence-electron chi connectivity index (χ4n) is 11.6. The maximum absolute atomic E-state index is 13.1. The molecule has 0 aliphatic heterocycles. The number of aliphatic hydroxyl groups is 1. The van der Waals surface area contributed by atoms with Crippen LogP contribution in [0.15, 0.2) is 0 Å². The number of ether oxygens (including phenoxy) is 4. The Labute approximate surface area is 581 Å². The van der Waals surface area contributed by atoms with Gasteiger partial charge in [-0.2, -0.15) is 0 Å². The molecule has 17 nitrogen and oxygen atoms in total. The highest BCUT2D eigenvalue weighted by molar-refractivity contribution is 7.47. The minimum Gasteiger partial charge on any atom is -0.462 e. The number of aliphatic hydroxyl groups excluding tert-OH is 1. The van der Waals surface area contributed by atoms with E-state index in [4.69, 9.17) is 37.0 Å². The Balaban J connectivity index is 5.27. The minimum absolute atomic E-state index is 0.107. The zero-order chi connectivity index (χ0) is 70.0. The van der Waals surface area contributed by atoms with Crippen LogP contribution in [0.2, 0.25) is 0 Å². The van der Waals surface area contributed by atoms with E-state index in [0.29, 0.717) is 25.7 Å². The highest BCUT2D eigenvalue weighted by Gasteiger charge is 2.30. The van der Waals surface area contributed by atoms with Crippen molar-refractivity contribution in [2.45, 2.75) is 413 Å². The summed E-state index contributed by atoms with van der Waals surface area (Å²) in [6.45, 7) is 9.64. The number of phosphoric acid groups is 2. The number of phosphoric ester groups is 2. The number of rotatable bonds is 75. The van der Waals surface area contributed by atoms with Crippen molar-refractivity contribution in [1.29, 1.82) is 0 Å². The van der Waals surface area contributed by atoms with Gasteiger partial charge in [0, 0.05) is 25.7 Å². The molecule has 0 aromatic carbocycles. The fraction of sp³-hybridized carbons (Fsp3) is 0.947. The van der Waals surface area contributed by atoms with Crippen molar-refractivity contribution in [3.8, 4) is 0 Å². The minimum atomic E-state index is -4.96. The highest BCUT2D eigenvalue weighted by Crippen LogP contribution is 2.45. The molecule has 0 aromatic heterocycles.